The van der Waals surface area contributed by atoms with Crippen molar-refractivity contribution in [3.05, 3.63) is 46.2 Å². The van der Waals surface area contributed by atoms with E-state index in [4.69, 9.17) is 11.6 Å². The summed E-state index contributed by atoms with van der Waals surface area (Å²) in [5.74, 6) is 0. The summed E-state index contributed by atoms with van der Waals surface area (Å²) < 4.78 is 40.2. The molecule has 1 aromatic carbocycles. The van der Waals surface area contributed by atoms with Crippen LogP contribution in [0.5, 0.6) is 0 Å². The van der Waals surface area contributed by atoms with Crippen LogP contribution in [-0.2, 0) is 19.3 Å². The Bertz CT molecular complexity index is 635. The van der Waals surface area contributed by atoms with Gasteiger partial charge in [0.1, 0.15) is 0 Å². The minimum Gasteiger partial charge on any atom is -0.379 e. The summed E-state index contributed by atoms with van der Waals surface area (Å²) in [4.78, 5) is 0. The molecule has 1 heterocycles. The summed E-state index contributed by atoms with van der Waals surface area (Å²) in [5.41, 5.74) is 1.32. The normalized spacial score (nSPS) is 11.7. The van der Waals surface area contributed by atoms with Crippen LogP contribution in [0.2, 0.25) is 5.02 Å². The van der Waals surface area contributed by atoms with Crippen LogP contribution in [0.25, 0.3) is 0 Å². The molecule has 0 amide bonds. The minimum atomic E-state index is -4.46. The van der Waals surface area contributed by atoms with Crippen LogP contribution < -0.4 is 5.32 Å². The number of aromatic nitrogens is 2. The fourth-order valence-electron chi connectivity index (χ4n) is 2.06. The van der Waals surface area contributed by atoms with Gasteiger partial charge in [0.2, 0.25) is 0 Å². The molecule has 0 aliphatic rings. The van der Waals surface area contributed by atoms with E-state index in [0.717, 1.165) is 17.5 Å². The molecule has 0 unspecified atom stereocenters. The largest absolute Gasteiger partial charge is 0.417 e. The van der Waals surface area contributed by atoms with Gasteiger partial charge in [0.25, 0.3) is 0 Å². The van der Waals surface area contributed by atoms with Gasteiger partial charge in [-0.25, -0.2) is 0 Å². The Morgan fingerprint density at radius 1 is 1.29 bits per heavy atom. The second kappa shape index (κ2) is 5.97. The maximum absolute atomic E-state index is 12.8. The summed E-state index contributed by atoms with van der Waals surface area (Å²) in [6.07, 6.45) is -4.46. The lowest BCUT2D eigenvalue weighted by Crippen LogP contribution is -2.10. The van der Waals surface area contributed by atoms with Crippen LogP contribution >= 0.6 is 11.6 Å². The van der Waals surface area contributed by atoms with Gasteiger partial charge in [-0.1, -0.05) is 11.6 Å². The number of nitrogens with zero attached hydrogens (tertiary/aromatic N) is 2. The second-order valence-electron chi connectivity index (χ2n) is 4.64. The van der Waals surface area contributed by atoms with Gasteiger partial charge in [0.15, 0.2) is 0 Å². The Morgan fingerprint density at radius 3 is 2.62 bits per heavy atom. The third kappa shape index (κ3) is 3.69. The highest BCUT2D eigenvalue weighted by molar-refractivity contribution is 6.31. The van der Waals surface area contributed by atoms with Crippen molar-refractivity contribution in [2.75, 3.05) is 5.32 Å². The van der Waals surface area contributed by atoms with Crippen LogP contribution in [-0.4, -0.2) is 9.78 Å². The molecule has 21 heavy (non-hydrogen) atoms. The van der Waals surface area contributed by atoms with E-state index in [1.807, 2.05) is 24.6 Å². The molecule has 2 rings (SSSR count). The highest BCUT2D eigenvalue weighted by atomic mass is 35.5. The predicted octanol–water partition coefficient (Wildman–Crippen LogP) is 4.50. The molecule has 114 valence electrons. The number of anilines is 1. The molecule has 0 saturated carbocycles. The molecule has 3 nitrogen and oxygen atoms in total. The molecule has 1 N–H and O–H groups in total. The van der Waals surface area contributed by atoms with Gasteiger partial charge in [-0.15, -0.1) is 0 Å². The average Bonchev–Trinajstić information content (AvgIpc) is 2.77. The number of benzene rings is 1. The molecule has 1 aromatic heterocycles. The average molecular weight is 318 g/mol. The first-order valence-corrected chi connectivity index (χ1v) is 6.83. The highest BCUT2D eigenvalue weighted by Gasteiger charge is 2.33. The predicted molar refractivity (Wildman–Crippen MR) is 76.4 cm³/mol. The van der Waals surface area contributed by atoms with Crippen LogP contribution in [0.1, 0.15) is 23.9 Å². The third-order valence-corrected chi connectivity index (χ3v) is 3.36. The lowest BCUT2D eigenvalue weighted by atomic mass is 10.2. The topological polar surface area (TPSA) is 29.9 Å². The Morgan fingerprint density at radius 2 is 2.00 bits per heavy atom. The Hall–Kier alpha value is -1.69. The number of hydrogen-bond donors (Lipinski definition) is 1. The van der Waals surface area contributed by atoms with E-state index in [1.54, 1.807) is 0 Å². The van der Waals surface area contributed by atoms with E-state index >= 15 is 0 Å². The first kappa shape index (κ1) is 15.7. The molecule has 7 heteroatoms. The van der Waals surface area contributed by atoms with Crippen molar-refractivity contribution >= 4 is 17.3 Å². The molecule has 0 saturated heterocycles. The fraction of sp³-hybridized carbons (Fsp3) is 0.357. The zero-order chi connectivity index (χ0) is 15.6. The Labute approximate surface area is 125 Å². The number of aryl methyl sites for hydroxylation is 2. The first-order chi connectivity index (χ1) is 9.81. The fourth-order valence-corrected chi connectivity index (χ4v) is 2.29. The molecule has 0 radical (unpaired) electrons. The van der Waals surface area contributed by atoms with Crippen LogP contribution in [0, 0.1) is 6.92 Å². The molecule has 0 aliphatic heterocycles. The van der Waals surface area contributed by atoms with E-state index in [-0.39, 0.29) is 5.02 Å². The van der Waals surface area contributed by atoms with Crippen LogP contribution in [0.15, 0.2) is 24.3 Å². The standard InChI is InChI=1S/C14H15ClF3N3/c1-3-21-11(6-9(2)20-21)8-19-10-4-5-13(15)12(7-10)14(16,17)18/h4-7,19H,3,8H2,1-2H3. The molecule has 2 aromatic rings. The van der Waals surface area contributed by atoms with Crippen molar-refractivity contribution in [1.29, 1.82) is 0 Å². The van der Waals surface area contributed by atoms with Gasteiger partial charge in [-0.3, -0.25) is 4.68 Å². The molecular weight excluding hydrogens is 303 g/mol. The van der Waals surface area contributed by atoms with E-state index in [9.17, 15) is 13.2 Å². The Balaban J connectivity index is 2.17. The van der Waals surface area contributed by atoms with E-state index in [2.05, 4.69) is 10.4 Å². The lowest BCUT2D eigenvalue weighted by Gasteiger charge is -2.12. The number of alkyl halides is 3. The first-order valence-electron chi connectivity index (χ1n) is 6.45. The van der Waals surface area contributed by atoms with Gasteiger partial charge in [-0.05, 0) is 38.1 Å². The molecule has 0 aliphatic carbocycles. The van der Waals surface area contributed by atoms with E-state index in [1.165, 1.54) is 12.1 Å². The smallest absolute Gasteiger partial charge is 0.379 e. The van der Waals surface area contributed by atoms with Gasteiger partial charge >= 0.3 is 6.18 Å². The van der Waals surface area contributed by atoms with Crippen molar-refractivity contribution in [3.63, 3.8) is 0 Å². The summed E-state index contributed by atoms with van der Waals surface area (Å²) in [6, 6.07) is 5.69. The van der Waals surface area contributed by atoms with Crippen molar-refractivity contribution < 1.29 is 13.2 Å². The quantitative estimate of drug-likeness (QED) is 0.900. The Kier molecular flexibility index (Phi) is 4.46. The van der Waals surface area contributed by atoms with Crippen molar-refractivity contribution in [2.24, 2.45) is 0 Å². The van der Waals surface area contributed by atoms with Crippen LogP contribution in [0.3, 0.4) is 0 Å². The SMILES string of the molecule is CCn1nc(C)cc1CNc1ccc(Cl)c(C(F)(F)F)c1. The van der Waals surface area contributed by atoms with Gasteiger partial charge in [0, 0.05) is 12.2 Å². The van der Waals surface area contributed by atoms with Gasteiger partial charge < -0.3 is 5.32 Å². The zero-order valence-electron chi connectivity index (χ0n) is 11.6. The third-order valence-electron chi connectivity index (χ3n) is 3.03. The van der Waals surface area contributed by atoms with Crippen LogP contribution in [0.4, 0.5) is 18.9 Å². The molecule has 0 atom stereocenters. The van der Waals surface area contributed by atoms with Crippen molar-refractivity contribution in [3.8, 4) is 0 Å². The molecule has 0 spiro atoms. The monoisotopic (exact) mass is 317 g/mol. The molecule has 0 bridgehead atoms. The maximum atomic E-state index is 12.8. The summed E-state index contributed by atoms with van der Waals surface area (Å²) in [6.45, 7) is 4.94. The van der Waals surface area contributed by atoms with E-state index in [0.29, 0.717) is 18.8 Å². The molecular formula is C14H15ClF3N3. The highest BCUT2D eigenvalue weighted by Crippen LogP contribution is 2.36. The number of rotatable bonds is 4. The van der Waals surface area contributed by atoms with E-state index < -0.39 is 11.7 Å². The second-order valence-corrected chi connectivity index (χ2v) is 5.05. The van der Waals surface area contributed by atoms with Crippen molar-refractivity contribution in [2.45, 2.75) is 33.1 Å². The number of halogens is 4. The number of hydrogen-bond acceptors (Lipinski definition) is 2. The number of nitrogens with one attached hydrogen (secondary N) is 1. The zero-order valence-corrected chi connectivity index (χ0v) is 12.4. The minimum absolute atomic E-state index is 0.303. The lowest BCUT2D eigenvalue weighted by molar-refractivity contribution is -0.137. The van der Waals surface area contributed by atoms with Crippen molar-refractivity contribution in [1.82, 2.24) is 9.78 Å². The summed E-state index contributed by atoms with van der Waals surface area (Å²) in [5, 5.41) is 6.95. The van der Waals surface area contributed by atoms with Gasteiger partial charge in [-0.2, -0.15) is 18.3 Å². The van der Waals surface area contributed by atoms with Gasteiger partial charge in [0.05, 0.1) is 28.5 Å². The summed E-state index contributed by atoms with van der Waals surface area (Å²) in [7, 11) is 0. The molecule has 0 fully saturated rings. The summed E-state index contributed by atoms with van der Waals surface area (Å²) >= 11 is 5.59. The maximum Gasteiger partial charge on any atom is 0.417 e.